The van der Waals surface area contributed by atoms with Gasteiger partial charge in [-0.05, 0) is 31.5 Å². The maximum absolute atomic E-state index is 13.8. The van der Waals surface area contributed by atoms with Crippen molar-refractivity contribution in [3.63, 3.8) is 0 Å². The zero-order valence-corrected chi connectivity index (χ0v) is 10.2. The highest BCUT2D eigenvalue weighted by Gasteiger charge is 2.14. The molecule has 1 N–H and O–H groups in total. The molecule has 90 valence electrons. The van der Waals surface area contributed by atoms with Crippen molar-refractivity contribution in [3.8, 4) is 0 Å². The Bertz CT molecular complexity index is 328. The molecule has 16 heavy (non-hydrogen) atoms. The van der Waals surface area contributed by atoms with Gasteiger partial charge in [-0.15, -0.1) is 0 Å². The topological polar surface area (TPSA) is 21.3 Å². The van der Waals surface area contributed by atoms with E-state index in [-0.39, 0.29) is 11.9 Å². The summed E-state index contributed by atoms with van der Waals surface area (Å²) in [4.78, 5) is 0. The maximum Gasteiger partial charge on any atom is 0.128 e. The van der Waals surface area contributed by atoms with Crippen LogP contribution in [0.15, 0.2) is 18.2 Å². The number of hydrogen-bond donors (Lipinski definition) is 1. The van der Waals surface area contributed by atoms with Crippen LogP contribution in [-0.4, -0.2) is 20.3 Å². The number of aryl methyl sites for hydroxylation is 1. The van der Waals surface area contributed by atoms with Gasteiger partial charge in [0.2, 0.25) is 0 Å². The second kappa shape index (κ2) is 6.61. The summed E-state index contributed by atoms with van der Waals surface area (Å²) >= 11 is 0. The van der Waals surface area contributed by atoms with Crippen LogP contribution in [0.5, 0.6) is 0 Å². The average Bonchev–Trinajstić information content (AvgIpc) is 2.25. The molecule has 2 nitrogen and oxygen atoms in total. The van der Waals surface area contributed by atoms with Crippen LogP contribution in [0.4, 0.5) is 4.39 Å². The van der Waals surface area contributed by atoms with Crippen LogP contribution in [0.2, 0.25) is 0 Å². The molecule has 1 atom stereocenters. The first-order chi connectivity index (χ1) is 7.69. The summed E-state index contributed by atoms with van der Waals surface area (Å²) in [7, 11) is 1.63. The van der Waals surface area contributed by atoms with Crippen LogP contribution in [0.1, 0.15) is 30.5 Å². The highest BCUT2D eigenvalue weighted by molar-refractivity contribution is 5.26. The molecular formula is C13H20FNO. The van der Waals surface area contributed by atoms with E-state index in [2.05, 4.69) is 12.2 Å². The zero-order valence-electron chi connectivity index (χ0n) is 10.2. The van der Waals surface area contributed by atoms with Crippen LogP contribution >= 0.6 is 0 Å². The average molecular weight is 225 g/mol. The molecule has 0 aromatic heterocycles. The second-order valence-corrected chi connectivity index (χ2v) is 3.99. The Morgan fingerprint density at radius 1 is 1.44 bits per heavy atom. The molecule has 0 aliphatic heterocycles. The molecule has 1 aromatic carbocycles. The molecule has 3 heteroatoms. The zero-order chi connectivity index (χ0) is 12.0. The SMILES string of the molecule is CCCNC(COC)c1ccc(C)cc1F. The molecule has 0 spiro atoms. The lowest BCUT2D eigenvalue weighted by Crippen LogP contribution is -2.26. The first-order valence-corrected chi connectivity index (χ1v) is 5.67. The quantitative estimate of drug-likeness (QED) is 0.803. The normalized spacial score (nSPS) is 12.8. The lowest BCUT2D eigenvalue weighted by Gasteiger charge is -2.18. The van der Waals surface area contributed by atoms with Crippen LogP contribution in [0.25, 0.3) is 0 Å². The summed E-state index contributed by atoms with van der Waals surface area (Å²) in [5.41, 5.74) is 1.62. The summed E-state index contributed by atoms with van der Waals surface area (Å²) in [6.45, 7) is 5.32. The molecule has 0 fully saturated rings. The molecule has 0 saturated carbocycles. The lowest BCUT2D eigenvalue weighted by atomic mass is 10.0. The molecule has 0 aliphatic carbocycles. The number of nitrogens with one attached hydrogen (secondary N) is 1. The molecule has 1 unspecified atom stereocenters. The van der Waals surface area contributed by atoms with Crippen molar-refractivity contribution in [1.82, 2.24) is 5.32 Å². The van der Waals surface area contributed by atoms with E-state index >= 15 is 0 Å². The minimum atomic E-state index is -0.161. The van der Waals surface area contributed by atoms with Crippen molar-refractivity contribution in [3.05, 3.63) is 35.1 Å². The van der Waals surface area contributed by atoms with Crippen molar-refractivity contribution < 1.29 is 9.13 Å². The van der Waals surface area contributed by atoms with E-state index in [4.69, 9.17) is 4.74 Å². The summed E-state index contributed by atoms with van der Waals surface area (Å²) in [5.74, 6) is -0.161. The van der Waals surface area contributed by atoms with E-state index in [1.54, 1.807) is 13.2 Å². The number of hydrogen-bond acceptors (Lipinski definition) is 2. The third-order valence-corrected chi connectivity index (χ3v) is 2.51. The highest BCUT2D eigenvalue weighted by atomic mass is 19.1. The van der Waals surface area contributed by atoms with E-state index in [1.165, 1.54) is 0 Å². The first-order valence-electron chi connectivity index (χ1n) is 5.67. The highest BCUT2D eigenvalue weighted by Crippen LogP contribution is 2.18. The minimum absolute atomic E-state index is 0.0643. The standard InChI is InChI=1S/C13H20FNO/c1-4-7-15-13(9-16-3)11-6-5-10(2)8-12(11)14/h5-6,8,13,15H,4,7,9H2,1-3H3. The van der Waals surface area contributed by atoms with Gasteiger partial charge in [0, 0.05) is 12.7 Å². The largest absolute Gasteiger partial charge is 0.383 e. The lowest BCUT2D eigenvalue weighted by molar-refractivity contribution is 0.165. The molecule has 1 aromatic rings. The molecule has 0 aliphatic rings. The summed E-state index contributed by atoms with van der Waals surface area (Å²) in [6, 6.07) is 5.25. The predicted molar refractivity (Wildman–Crippen MR) is 64.0 cm³/mol. The van der Waals surface area contributed by atoms with Crippen molar-refractivity contribution in [2.75, 3.05) is 20.3 Å². The third kappa shape index (κ3) is 3.58. The third-order valence-electron chi connectivity index (χ3n) is 2.51. The van der Waals surface area contributed by atoms with Gasteiger partial charge in [0.1, 0.15) is 5.82 Å². The fraction of sp³-hybridized carbons (Fsp3) is 0.538. The molecule has 0 saturated heterocycles. The van der Waals surface area contributed by atoms with Gasteiger partial charge in [-0.1, -0.05) is 19.1 Å². The second-order valence-electron chi connectivity index (χ2n) is 3.99. The summed E-state index contributed by atoms with van der Waals surface area (Å²) < 4.78 is 18.9. The van der Waals surface area contributed by atoms with Gasteiger partial charge in [-0.25, -0.2) is 4.39 Å². The Labute approximate surface area is 96.8 Å². The van der Waals surface area contributed by atoms with Crippen molar-refractivity contribution in [2.45, 2.75) is 26.3 Å². The van der Waals surface area contributed by atoms with E-state index in [0.717, 1.165) is 18.5 Å². The van der Waals surface area contributed by atoms with Gasteiger partial charge >= 0.3 is 0 Å². The summed E-state index contributed by atoms with van der Waals surface area (Å²) in [6.07, 6.45) is 1.02. The minimum Gasteiger partial charge on any atom is -0.383 e. The van der Waals surface area contributed by atoms with Crippen LogP contribution in [-0.2, 0) is 4.74 Å². The van der Waals surface area contributed by atoms with Crippen LogP contribution in [0.3, 0.4) is 0 Å². The Balaban J connectivity index is 2.82. The first kappa shape index (κ1) is 13.1. The molecule has 1 rings (SSSR count). The van der Waals surface area contributed by atoms with Crippen molar-refractivity contribution in [2.24, 2.45) is 0 Å². The van der Waals surface area contributed by atoms with Gasteiger partial charge in [-0.3, -0.25) is 0 Å². The predicted octanol–water partition coefficient (Wildman–Crippen LogP) is 2.82. The Hall–Kier alpha value is -0.930. The molecule has 0 bridgehead atoms. The Morgan fingerprint density at radius 3 is 2.75 bits per heavy atom. The number of benzene rings is 1. The van der Waals surface area contributed by atoms with Crippen molar-refractivity contribution >= 4 is 0 Å². The number of ether oxygens (including phenoxy) is 1. The molecular weight excluding hydrogens is 205 g/mol. The van der Waals surface area contributed by atoms with Crippen LogP contribution in [0, 0.1) is 12.7 Å². The molecule has 0 heterocycles. The van der Waals surface area contributed by atoms with Gasteiger partial charge in [0.15, 0.2) is 0 Å². The molecule has 0 radical (unpaired) electrons. The smallest absolute Gasteiger partial charge is 0.128 e. The molecule has 0 amide bonds. The van der Waals surface area contributed by atoms with E-state index in [1.807, 2.05) is 19.1 Å². The maximum atomic E-state index is 13.8. The number of halogens is 1. The van der Waals surface area contributed by atoms with Crippen LogP contribution < -0.4 is 5.32 Å². The Kier molecular flexibility index (Phi) is 5.43. The number of rotatable bonds is 6. The van der Waals surface area contributed by atoms with Gasteiger partial charge in [-0.2, -0.15) is 0 Å². The summed E-state index contributed by atoms with van der Waals surface area (Å²) in [5, 5.41) is 3.28. The monoisotopic (exact) mass is 225 g/mol. The number of methoxy groups -OCH3 is 1. The van der Waals surface area contributed by atoms with E-state index in [9.17, 15) is 4.39 Å². The van der Waals surface area contributed by atoms with Gasteiger partial charge in [0.05, 0.1) is 12.6 Å². The fourth-order valence-corrected chi connectivity index (χ4v) is 1.66. The van der Waals surface area contributed by atoms with E-state index < -0.39 is 0 Å². The van der Waals surface area contributed by atoms with Gasteiger partial charge in [0.25, 0.3) is 0 Å². The Morgan fingerprint density at radius 2 is 2.19 bits per heavy atom. The fourth-order valence-electron chi connectivity index (χ4n) is 1.66. The van der Waals surface area contributed by atoms with E-state index in [0.29, 0.717) is 12.2 Å². The van der Waals surface area contributed by atoms with Gasteiger partial charge < -0.3 is 10.1 Å². The van der Waals surface area contributed by atoms with Crippen molar-refractivity contribution in [1.29, 1.82) is 0 Å².